The summed E-state index contributed by atoms with van der Waals surface area (Å²) in [6.45, 7) is 2.07. The summed E-state index contributed by atoms with van der Waals surface area (Å²) in [5, 5.41) is 3.51. The fraction of sp³-hybridized carbons (Fsp3) is 0.250. The topological polar surface area (TPSA) is 42.0 Å². The zero-order valence-electron chi connectivity index (χ0n) is 6.78. The van der Waals surface area contributed by atoms with Gasteiger partial charge in [0, 0.05) is 0 Å². The molecule has 64 valence electrons. The standard InChI is InChI=1S/C8H10N2OS/c1-2-12-8-4-3-7(5-9-8)10-6-11/h3-6H,2H2,1H3,(H,10,11). The lowest BCUT2D eigenvalue weighted by atomic mass is 10.4. The monoisotopic (exact) mass is 182 g/mol. The maximum absolute atomic E-state index is 10.0. The van der Waals surface area contributed by atoms with Crippen molar-refractivity contribution in [3.05, 3.63) is 18.3 Å². The number of carbonyl (C=O) groups excluding carboxylic acids is 1. The highest BCUT2D eigenvalue weighted by Crippen LogP contribution is 2.15. The Morgan fingerprint density at radius 3 is 3.00 bits per heavy atom. The molecule has 1 heterocycles. The van der Waals surface area contributed by atoms with Crippen molar-refractivity contribution in [2.24, 2.45) is 0 Å². The highest BCUT2D eigenvalue weighted by Gasteiger charge is 1.93. The molecule has 0 unspecified atom stereocenters. The van der Waals surface area contributed by atoms with Crippen molar-refractivity contribution in [2.45, 2.75) is 11.9 Å². The van der Waals surface area contributed by atoms with Crippen LogP contribution in [0.15, 0.2) is 23.4 Å². The molecule has 0 atom stereocenters. The molecule has 0 aromatic carbocycles. The molecule has 0 saturated carbocycles. The summed E-state index contributed by atoms with van der Waals surface area (Å²) in [4.78, 5) is 14.2. The maximum atomic E-state index is 10.0. The van der Waals surface area contributed by atoms with Crippen molar-refractivity contribution in [1.82, 2.24) is 4.98 Å². The summed E-state index contributed by atoms with van der Waals surface area (Å²) >= 11 is 1.67. The van der Waals surface area contributed by atoms with Gasteiger partial charge in [-0.15, -0.1) is 11.8 Å². The summed E-state index contributed by atoms with van der Waals surface area (Å²) in [6.07, 6.45) is 2.29. The molecular formula is C8H10N2OS. The largest absolute Gasteiger partial charge is 0.327 e. The first-order valence-corrected chi connectivity index (χ1v) is 4.64. The van der Waals surface area contributed by atoms with Crippen LogP contribution in [0.2, 0.25) is 0 Å². The van der Waals surface area contributed by atoms with E-state index in [1.165, 1.54) is 0 Å². The zero-order valence-corrected chi connectivity index (χ0v) is 7.60. The Hall–Kier alpha value is -1.03. The Bertz CT molecular complexity index is 248. The van der Waals surface area contributed by atoms with Gasteiger partial charge in [0.25, 0.3) is 0 Å². The van der Waals surface area contributed by atoms with Gasteiger partial charge in [-0.2, -0.15) is 0 Å². The van der Waals surface area contributed by atoms with E-state index in [-0.39, 0.29) is 0 Å². The third-order valence-corrected chi connectivity index (χ3v) is 2.08. The van der Waals surface area contributed by atoms with E-state index in [4.69, 9.17) is 0 Å². The molecule has 3 nitrogen and oxygen atoms in total. The Balaban J connectivity index is 2.64. The highest BCUT2D eigenvalue weighted by atomic mass is 32.2. The predicted molar refractivity (Wildman–Crippen MR) is 50.3 cm³/mol. The van der Waals surface area contributed by atoms with E-state index in [0.29, 0.717) is 6.41 Å². The molecule has 1 N–H and O–H groups in total. The van der Waals surface area contributed by atoms with Crippen molar-refractivity contribution in [3.63, 3.8) is 0 Å². The lowest BCUT2D eigenvalue weighted by Gasteiger charge is -1.99. The van der Waals surface area contributed by atoms with E-state index in [1.807, 2.05) is 12.1 Å². The van der Waals surface area contributed by atoms with Crippen LogP contribution in [-0.2, 0) is 4.79 Å². The minimum atomic E-state index is 0.643. The Kier molecular flexibility index (Phi) is 3.60. The van der Waals surface area contributed by atoms with Crippen LogP contribution in [0.4, 0.5) is 5.69 Å². The molecule has 0 aliphatic rings. The fourth-order valence-corrected chi connectivity index (χ4v) is 1.35. The molecule has 1 amide bonds. The van der Waals surface area contributed by atoms with Crippen molar-refractivity contribution in [3.8, 4) is 0 Å². The lowest BCUT2D eigenvalue weighted by molar-refractivity contribution is -0.105. The molecule has 0 spiro atoms. The molecule has 0 saturated heterocycles. The number of anilines is 1. The van der Waals surface area contributed by atoms with Crippen LogP contribution < -0.4 is 5.32 Å². The van der Waals surface area contributed by atoms with Crippen LogP contribution >= 0.6 is 11.8 Å². The summed E-state index contributed by atoms with van der Waals surface area (Å²) in [7, 11) is 0. The van der Waals surface area contributed by atoms with Crippen LogP contribution in [0.25, 0.3) is 0 Å². The van der Waals surface area contributed by atoms with Crippen molar-refractivity contribution >= 4 is 23.9 Å². The summed E-state index contributed by atoms with van der Waals surface area (Å²) in [6, 6.07) is 3.72. The van der Waals surface area contributed by atoms with Crippen LogP contribution in [0.1, 0.15) is 6.92 Å². The third kappa shape index (κ3) is 2.54. The number of rotatable bonds is 4. The number of thioether (sulfide) groups is 1. The normalized spacial score (nSPS) is 9.42. The number of hydrogen-bond acceptors (Lipinski definition) is 3. The molecule has 0 bridgehead atoms. The predicted octanol–water partition coefficient (Wildman–Crippen LogP) is 1.76. The number of hydrogen-bond donors (Lipinski definition) is 1. The van der Waals surface area contributed by atoms with Gasteiger partial charge in [-0.3, -0.25) is 4.79 Å². The van der Waals surface area contributed by atoms with Crippen LogP contribution in [0.3, 0.4) is 0 Å². The van der Waals surface area contributed by atoms with Gasteiger partial charge in [0.15, 0.2) is 0 Å². The average molecular weight is 182 g/mol. The van der Waals surface area contributed by atoms with Crippen molar-refractivity contribution < 1.29 is 4.79 Å². The molecule has 12 heavy (non-hydrogen) atoms. The second-order valence-electron chi connectivity index (χ2n) is 2.08. The molecule has 0 aliphatic heterocycles. The highest BCUT2D eigenvalue weighted by molar-refractivity contribution is 7.99. The summed E-state index contributed by atoms with van der Waals surface area (Å²) in [5.74, 6) is 1.01. The quantitative estimate of drug-likeness (QED) is 0.570. The van der Waals surface area contributed by atoms with Gasteiger partial charge in [0.1, 0.15) is 0 Å². The number of amides is 1. The second-order valence-corrected chi connectivity index (χ2v) is 3.36. The fourth-order valence-electron chi connectivity index (χ4n) is 0.767. The molecular weight excluding hydrogens is 172 g/mol. The molecule has 4 heteroatoms. The van der Waals surface area contributed by atoms with Crippen molar-refractivity contribution in [1.29, 1.82) is 0 Å². The average Bonchev–Trinajstić information content (AvgIpc) is 2.09. The summed E-state index contributed by atoms with van der Waals surface area (Å²) in [5.41, 5.74) is 0.727. The molecule has 0 fully saturated rings. The molecule has 0 radical (unpaired) electrons. The van der Waals surface area contributed by atoms with E-state index < -0.39 is 0 Å². The van der Waals surface area contributed by atoms with E-state index in [2.05, 4.69) is 17.2 Å². The van der Waals surface area contributed by atoms with Gasteiger partial charge in [-0.1, -0.05) is 6.92 Å². The molecule has 1 rings (SSSR count). The number of nitrogens with one attached hydrogen (secondary N) is 1. The van der Waals surface area contributed by atoms with Gasteiger partial charge >= 0.3 is 0 Å². The van der Waals surface area contributed by atoms with E-state index in [0.717, 1.165) is 16.5 Å². The summed E-state index contributed by atoms with van der Waals surface area (Å²) < 4.78 is 0. The SMILES string of the molecule is CCSc1ccc(NC=O)cn1. The van der Waals surface area contributed by atoms with E-state index in [9.17, 15) is 4.79 Å². The first-order chi connectivity index (χ1) is 5.86. The van der Waals surface area contributed by atoms with Gasteiger partial charge in [-0.05, 0) is 17.9 Å². The Morgan fingerprint density at radius 2 is 2.50 bits per heavy atom. The lowest BCUT2D eigenvalue weighted by Crippen LogP contribution is -1.93. The number of nitrogens with zero attached hydrogens (tertiary/aromatic N) is 1. The van der Waals surface area contributed by atoms with Crippen LogP contribution in [0.5, 0.6) is 0 Å². The second kappa shape index (κ2) is 4.77. The maximum Gasteiger partial charge on any atom is 0.211 e. The van der Waals surface area contributed by atoms with Gasteiger partial charge in [-0.25, -0.2) is 4.98 Å². The minimum absolute atomic E-state index is 0.643. The first-order valence-electron chi connectivity index (χ1n) is 3.66. The number of aromatic nitrogens is 1. The first kappa shape index (κ1) is 9.06. The smallest absolute Gasteiger partial charge is 0.211 e. The van der Waals surface area contributed by atoms with E-state index >= 15 is 0 Å². The van der Waals surface area contributed by atoms with E-state index in [1.54, 1.807) is 18.0 Å². The number of pyridine rings is 1. The molecule has 1 aromatic rings. The Labute approximate surface area is 75.6 Å². The number of carbonyl (C=O) groups is 1. The van der Waals surface area contributed by atoms with Crippen molar-refractivity contribution in [2.75, 3.05) is 11.1 Å². The Morgan fingerprint density at radius 1 is 1.67 bits per heavy atom. The van der Waals surface area contributed by atoms with Crippen LogP contribution in [-0.4, -0.2) is 17.1 Å². The molecule has 0 aliphatic carbocycles. The van der Waals surface area contributed by atoms with Gasteiger partial charge in [0.2, 0.25) is 6.41 Å². The zero-order chi connectivity index (χ0) is 8.81. The van der Waals surface area contributed by atoms with Gasteiger partial charge < -0.3 is 5.32 Å². The molecule has 1 aromatic heterocycles. The third-order valence-electron chi connectivity index (χ3n) is 1.25. The van der Waals surface area contributed by atoms with Crippen LogP contribution in [0, 0.1) is 0 Å². The minimum Gasteiger partial charge on any atom is -0.327 e. The van der Waals surface area contributed by atoms with Gasteiger partial charge in [0.05, 0.1) is 16.9 Å².